The average Bonchev–Trinajstić information content (AvgIpc) is 2.84. The number of benzene rings is 1. The van der Waals surface area contributed by atoms with Gasteiger partial charge < -0.3 is 0 Å². The minimum atomic E-state index is 0.0449. The zero-order valence-electron chi connectivity index (χ0n) is 14.3. The third-order valence-corrected chi connectivity index (χ3v) is 5.94. The molecule has 2 aliphatic rings. The summed E-state index contributed by atoms with van der Waals surface area (Å²) in [6.07, 6.45) is 5.68. The molecule has 3 rings (SSSR count). The van der Waals surface area contributed by atoms with Gasteiger partial charge in [-0.25, -0.2) is 0 Å². The summed E-state index contributed by atoms with van der Waals surface area (Å²) in [5, 5.41) is 0. The number of hydrogen-bond acceptors (Lipinski definition) is 4. The molecule has 2 fully saturated rings. The fourth-order valence-corrected chi connectivity index (χ4v) is 4.29. The van der Waals surface area contributed by atoms with Gasteiger partial charge in [0.05, 0.1) is 11.6 Å². The summed E-state index contributed by atoms with van der Waals surface area (Å²) in [6.45, 7) is 7.12. The van der Waals surface area contributed by atoms with E-state index in [0.29, 0.717) is 16.9 Å². The number of hydrogen-bond donors (Lipinski definition) is 0. The lowest BCUT2D eigenvalue weighted by molar-refractivity contribution is -0.123. The van der Waals surface area contributed by atoms with E-state index in [1.165, 1.54) is 36.6 Å². The van der Waals surface area contributed by atoms with Gasteiger partial charge in [0.1, 0.15) is 4.32 Å². The van der Waals surface area contributed by atoms with Crippen LogP contribution in [-0.2, 0) is 4.79 Å². The minimum Gasteiger partial charge on any atom is -0.286 e. The summed E-state index contributed by atoms with van der Waals surface area (Å²) >= 11 is 6.85. The third-order valence-electron chi connectivity index (χ3n) is 4.56. The molecule has 0 N–H and O–H groups in total. The molecule has 2 heterocycles. The first kappa shape index (κ1) is 17.6. The maximum absolute atomic E-state index is 12.7. The quantitative estimate of drug-likeness (QED) is 0.584. The van der Waals surface area contributed by atoms with Crippen molar-refractivity contribution in [1.82, 2.24) is 9.80 Å². The second-order valence-corrected chi connectivity index (χ2v) is 8.43. The first-order valence-electron chi connectivity index (χ1n) is 8.62. The summed E-state index contributed by atoms with van der Waals surface area (Å²) in [5.41, 5.74) is 2.36. The van der Waals surface area contributed by atoms with Gasteiger partial charge in [0.25, 0.3) is 5.91 Å². The normalized spacial score (nSPS) is 21.3. The smallest absolute Gasteiger partial charge is 0.267 e. The van der Waals surface area contributed by atoms with Crippen molar-refractivity contribution < 1.29 is 4.79 Å². The van der Waals surface area contributed by atoms with Crippen LogP contribution in [0.15, 0.2) is 29.2 Å². The minimum absolute atomic E-state index is 0.0449. The summed E-state index contributed by atoms with van der Waals surface area (Å²) in [5.74, 6) is 0.560. The maximum atomic E-state index is 12.7. The van der Waals surface area contributed by atoms with Crippen LogP contribution in [0.1, 0.15) is 50.2 Å². The fourth-order valence-electron chi connectivity index (χ4n) is 3.05. The number of thiocarbonyl (C=S) groups is 1. The Morgan fingerprint density at radius 1 is 1.17 bits per heavy atom. The lowest BCUT2D eigenvalue weighted by Crippen LogP contribution is -2.42. The van der Waals surface area contributed by atoms with Gasteiger partial charge in [0, 0.05) is 0 Å². The molecule has 0 saturated carbocycles. The van der Waals surface area contributed by atoms with Crippen molar-refractivity contribution >= 4 is 40.3 Å². The molecule has 0 spiro atoms. The van der Waals surface area contributed by atoms with Crippen LogP contribution in [0, 0.1) is 0 Å². The van der Waals surface area contributed by atoms with Crippen LogP contribution < -0.4 is 0 Å². The van der Waals surface area contributed by atoms with Crippen molar-refractivity contribution in [2.75, 3.05) is 19.8 Å². The Morgan fingerprint density at radius 3 is 2.46 bits per heavy atom. The average molecular weight is 361 g/mol. The summed E-state index contributed by atoms with van der Waals surface area (Å²) in [4.78, 5) is 17.5. The van der Waals surface area contributed by atoms with E-state index in [1.807, 2.05) is 6.08 Å². The van der Waals surface area contributed by atoms with Gasteiger partial charge >= 0.3 is 0 Å². The van der Waals surface area contributed by atoms with E-state index in [0.717, 1.165) is 23.6 Å². The van der Waals surface area contributed by atoms with Crippen LogP contribution in [-0.4, -0.2) is 39.8 Å². The van der Waals surface area contributed by atoms with Crippen LogP contribution in [0.25, 0.3) is 6.08 Å². The Kier molecular flexibility index (Phi) is 5.74. The van der Waals surface area contributed by atoms with Crippen LogP contribution >= 0.6 is 24.0 Å². The molecule has 0 atom stereocenters. The summed E-state index contributed by atoms with van der Waals surface area (Å²) < 4.78 is 0.677. The van der Waals surface area contributed by atoms with Gasteiger partial charge in [-0.1, -0.05) is 68.5 Å². The zero-order chi connectivity index (χ0) is 17.1. The molecular formula is C19H24N2OS2. The number of thioether (sulfide) groups is 1. The van der Waals surface area contributed by atoms with E-state index in [4.69, 9.17) is 12.2 Å². The molecule has 0 radical (unpaired) electrons. The number of carbonyl (C=O) groups excluding carboxylic acids is 1. The Bertz CT molecular complexity index is 646. The molecule has 0 unspecified atom stereocenters. The van der Waals surface area contributed by atoms with Crippen LogP contribution in [0.4, 0.5) is 0 Å². The van der Waals surface area contributed by atoms with E-state index in [1.54, 1.807) is 4.90 Å². The van der Waals surface area contributed by atoms with Crippen molar-refractivity contribution in [3.8, 4) is 0 Å². The molecule has 1 amide bonds. The second-order valence-electron chi connectivity index (χ2n) is 6.75. The van der Waals surface area contributed by atoms with Gasteiger partial charge in [-0.2, -0.15) is 0 Å². The third kappa shape index (κ3) is 4.08. The van der Waals surface area contributed by atoms with Crippen LogP contribution in [0.3, 0.4) is 0 Å². The lowest BCUT2D eigenvalue weighted by atomic mass is 10.0. The number of rotatable bonds is 4. The Morgan fingerprint density at radius 2 is 1.83 bits per heavy atom. The molecule has 0 aromatic heterocycles. The highest BCUT2D eigenvalue weighted by molar-refractivity contribution is 8.26. The highest BCUT2D eigenvalue weighted by atomic mass is 32.2. The molecule has 1 aromatic rings. The molecule has 2 aliphatic heterocycles. The van der Waals surface area contributed by atoms with Crippen molar-refractivity contribution in [2.45, 2.75) is 39.0 Å². The van der Waals surface area contributed by atoms with E-state index >= 15 is 0 Å². The highest BCUT2D eigenvalue weighted by Crippen LogP contribution is 2.33. The number of likely N-dealkylation sites (tertiary alicyclic amines) is 1. The van der Waals surface area contributed by atoms with E-state index in [9.17, 15) is 4.79 Å². The predicted molar refractivity (Wildman–Crippen MR) is 106 cm³/mol. The molecular weight excluding hydrogens is 336 g/mol. The van der Waals surface area contributed by atoms with Gasteiger partial charge in [-0.15, -0.1) is 0 Å². The molecule has 3 nitrogen and oxygen atoms in total. The van der Waals surface area contributed by atoms with E-state index < -0.39 is 0 Å². The number of carbonyl (C=O) groups is 1. The first-order chi connectivity index (χ1) is 11.5. The van der Waals surface area contributed by atoms with Gasteiger partial charge in [-0.3, -0.25) is 14.6 Å². The highest BCUT2D eigenvalue weighted by Gasteiger charge is 2.33. The van der Waals surface area contributed by atoms with Crippen LogP contribution in [0.2, 0.25) is 0 Å². The summed E-state index contributed by atoms with van der Waals surface area (Å²) in [7, 11) is 0. The van der Waals surface area contributed by atoms with Crippen molar-refractivity contribution in [3.63, 3.8) is 0 Å². The number of piperidine rings is 1. The molecule has 128 valence electrons. The molecule has 24 heavy (non-hydrogen) atoms. The summed E-state index contributed by atoms with van der Waals surface area (Å²) in [6, 6.07) is 8.41. The molecule has 2 saturated heterocycles. The van der Waals surface area contributed by atoms with E-state index in [-0.39, 0.29) is 5.91 Å². The van der Waals surface area contributed by atoms with Crippen molar-refractivity contribution in [3.05, 3.63) is 40.3 Å². The topological polar surface area (TPSA) is 23.6 Å². The molecule has 0 bridgehead atoms. The SMILES string of the molecule is CC(C)c1ccc(/C=C2\SC(=S)N(CN3CCCCC3)C2=O)cc1. The molecule has 1 aromatic carbocycles. The Labute approximate surface area is 154 Å². The van der Waals surface area contributed by atoms with Gasteiger partial charge in [0.15, 0.2) is 0 Å². The second kappa shape index (κ2) is 7.81. The predicted octanol–water partition coefficient (Wildman–Crippen LogP) is 4.45. The number of nitrogens with zero attached hydrogens (tertiary/aromatic N) is 2. The first-order valence-corrected chi connectivity index (χ1v) is 9.85. The monoisotopic (exact) mass is 360 g/mol. The molecule has 0 aliphatic carbocycles. The van der Waals surface area contributed by atoms with Crippen molar-refractivity contribution in [2.24, 2.45) is 0 Å². The zero-order valence-corrected chi connectivity index (χ0v) is 16.0. The Balaban J connectivity index is 1.70. The number of amides is 1. The largest absolute Gasteiger partial charge is 0.286 e. The van der Waals surface area contributed by atoms with Crippen LogP contribution in [0.5, 0.6) is 0 Å². The molecule has 5 heteroatoms. The standard InChI is InChI=1S/C19H24N2OS2/c1-14(2)16-8-6-15(7-9-16)12-17-18(22)21(19(23)24-17)13-20-10-4-3-5-11-20/h6-9,12,14H,3-5,10-11,13H2,1-2H3/b17-12-. The maximum Gasteiger partial charge on any atom is 0.267 e. The van der Waals surface area contributed by atoms with E-state index in [2.05, 4.69) is 43.0 Å². The van der Waals surface area contributed by atoms with Gasteiger partial charge in [-0.05, 0) is 49.1 Å². The fraction of sp³-hybridized carbons (Fsp3) is 0.474. The van der Waals surface area contributed by atoms with Crippen molar-refractivity contribution in [1.29, 1.82) is 0 Å². The Hall–Kier alpha value is -1.17. The lowest BCUT2D eigenvalue weighted by Gasteiger charge is -2.29. The van der Waals surface area contributed by atoms with Gasteiger partial charge in [0.2, 0.25) is 0 Å².